The standard InChI is InChI=1S/C18H21N3O/c22-18(21-14-7-3-1-2-4-8-14)12-11-15-13-19-16-9-5-6-10-17(16)20-15/h5-6,9-14H,1-4,7-8H2,(H,21,22)/b12-11+. The fourth-order valence-electron chi connectivity index (χ4n) is 2.89. The normalized spacial score (nSPS) is 16.7. The van der Waals surface area contributed by atoms with Gasteiger partial charge in [0.2, 0.25) is 5.91 Å². The van der Waals surface area contributed by atoms with Crippen LogP contribution in [0, 0.1) is 0 Å². The van der Waals surface area contributed by atoms with E-state index in [1.165, 1.54) is 25.7 Å². The maximum atomic E-state index is 12.0. The van der Waals surface area contributed by atoms with Crippen molar-refractivity contribution in [1.82, 2.24) is 15.3 Å². The van der Waals surface area contributed by atoms with Crippen molar-refractivity contribution >= 4 is 23.0 Å². The molecular weight excluding hydrogens is 274 g/mol. The van der Waals surface area contributed by atoms with Gasteiger partial charge >= 0.3 is 0 Å². The smallest absolute Gasteiger partial charge is 0.244 e. The number of para-hydroxylation sites is 2. The topological polar surface area (TPSA) is 54.9 Å². The molecule has 1 aromatic carbocycles. The van der Waals surface area contributed by atoms with Gasteiger partial charge in [-0.05, 0) is 31.1 Å². The number of rotatable bonds is 3. The largest absolute Gasteiger partial charge is 0.350 e. The number of hydrogen-bond donors (Lipinski definition) is 1. The van der Waals surface area contributed by atoms with Gasteiger partial charge in [0.05, 0.1) is 22.9 Å². The maximum Gasteiger partial charge on any atom is 0.244 e. The van der Waals surface area contributed by atoms with E-state index in [4.69, 9.17) is 0 Å². The van der Waals surface area contributed by atoms with Crippen molar-refractivity contribution in [2.24, 2.45) is 0 Å². The lowest BCUT2D eigenvalue weighted by molar-refractivity contribution is -0.117. The molecule has 0 aliphatic heterocycles. The quantitative estimate of drug-likeness (QED) is 0.696. The molecule has 0 radical (unpaired) electrons. The Hall–Kier alpha value is -2.23. The van der Waals surface area contributed by atoms with E-state index in [0.717, 1.165) is 23.9 Å². The van der Waals surface area contributed by atoms with Gasteiger partial charge in [-0.15, -0.1) is 0 Å². The van der Waals surface area contributed by atoms with E-state index in [2.05, 4.69) is 15.3 Å². The maximum absolute atomic E-state index is 12.0. The van der Waals surface area contributed by atoms with Crippen LogP contribution in [0.1, 0.15) is 44.2 Å². The molecule has 0 unspecified atom stereocenters. The Morgan fingerprint density at radius 3 is 2.59 bits per heavy atom. The highest BCUT2D eigenvalue weighted by Gasteiger charge is 2.13. The minimum Gasteiger partial charge on any atom is -0.350 e. The highest BCUT2D eigenvalue weighted by Crippen LogP contribution is 2.17. The first kappa shape index (κ1) is 14.7. The van der Waals surface area contributed by atoms with Crippen LogP contribution in [0.2, 0.25) is 0 Å². The van der Waals surface area contributed by atoms with Crippen molar-refractivity contribution in [1.29, 1.82) is 0 Å². The van der Waals surface area contributed by atoms with E-state index >= 15 is 0 Å². The number of aromatic nitrogens is 2. The van der Waals surface area contributed by atoms with Gasteiger partial charge in [-0.2, -0.15) is 0 Å². The zero-order valence-corrected chi connectivity index (χ0v) is 12.7. The summed E-state index contributed by atoms with van der Waals surface area (Å²) in [7, 11) is 0. The third-order valence-corrected chi connectivity index (χ3v) is 4.07. The third kappa shape index (κ3) is 3.91. The molecule has 4 heteroatoms. The average Bonchev–Trinajstić information content (AvgIpc) is 2.81. The number of amides is 1. The van der Waals surface area contributed by atoms with Crippen LogP contribution in [0.15, 0.2) is 36.5 Å². The Balaban J connectivity index is 1.62. The SMILES string of the molecule is O=C(/C=C/c1cnc2ccccc2n1)NC1CCCCCC1. The molecule has 1 saturated carbocycles. The van der Waals surface area contributed by atoms with Crippen molar-refractivity contribution in [3.63, 3.8) is 0 Å². The molecule has 4 nitrogen and oxygen atoms in total. The van der Waals surface area contributed by atoms with E-state index in [9.17, 15) is 4.79 Å². The number of nitrogens with zero attached hydrogens (tertiary/aromatic N) is 2. The lowest BCUT2D eigenvalue weighted by Gasteiger charge is -2.14. The first-order valence-corrected chi connectivity index (χ1v) is 8.02. The Morgan fingerprint density at radius 1 is 1.09 bits per heavy atom. The van der Waals surface area contributed by atoms with Crippen LogP contribution in [0.3, 0.4) is 0 Å². The van der Waals surface area contributed by atoms with Crippen molar-refractivity contribution in [3.05, 3.63) is 42.2 Å². The average molecular weight is 295 g/mol. The van der Waals surface area contributed by atoms with Gasteiger partial charge in [0, 0.05) is 12.1 Å². The van der Waals surface area contributed by atoms with Gasteiger partial charge < -0.3 is 5.32 Å². The van der Waals surface area contributed by atoms with E-state index in [1.54, 1.807) is 18.3 Å². The van der Waals surface area contributed by atoms with E-state index in [-0.39, 0.29) is 5.91 Å². The van der Waals surface area contributed by atoms with Crippen LogP contribution in [0.25, 0.3) is 17.1 Å². The molecule has 2 aromatic rings. The summed E-state index contributed by atoms with van der Waals surface area (Å²) in [6.07, 6.45) is 12.2. The molecule has 1 fully saturated rings. The van der Waals surface area contributed by atoms with Crippen LogP contribution >= 0.6 is 0 Å². The number of carbonyl (C=O) groups excluding carboxylic acids is 1. The van der Waals surface area contributed by atoms with Gasteiger partial charge in [-0.3, -0.25) is 9.78 Å². The van der Waals surface area contributed by atoms with Crippen molar-refractivity contribution in [2.75, 3.05) is 0 Å². The van der Waals surface area contributed by atoms with Crippen LogP contribution < -0.4 is 5.32 Å². The van der Waals surface area contributed by atoms with Gasteiger partial charge in [-0.1, -0.05) is 37.8 Å². The van der Waals surface area contributed by atoms with Gasteiger partial charge in [0.25, 0.3) is 0 Å². The molecule has 0 atom stereocenters. The van der Waals surface area contributed by atoms with E-state index in [0.29, 0.717) is 11.7 Å². The first-order chi connectivity index (χ1) is 10.8. The number of benzene rings is 1. The summed E-state index contributed by atoms with van der Waals surface area (Å²) in [5, 5.41) is 3.09. The van der Waals surface area contributed by atoms with Gasteiger partial charge in [-0.25, -0.2) is 4.98 Å². The summed E-state index contributed by atoms with van der Waals surface area (Å²) in [6, 6.07) is 8.04. The molecule has 1 heterocycles. The van der Waals surface area contributed by atoms with Crippen LogP contribution in [-0.2, 0) is 4.79 Å². The Labute approximate surface area is 130 Å². The minimum absolute atomic E-state index is 0.0399. The van der Waals surface area contributed by atoms with Crippen molar-refractivity contribution in [2.45, 2.75) is 44.6 Å². The van der Waals surface area contributed by atoms with Crippen LogP contribution in [0.4, 0.5) is 0 Å². The summed E-state index contributed by atoms with van der Waals surface area (Å²) in [5.74, 6) is -0.0399. The number of fused-ring (bicyclic) bond motifs is 1. The summed E-state index contributed by atoms with van der Waals surface area (Å²) in [5.41, 5.74) is 2.41. The zero-order valence-electron chi connectivity index (χ0n) is 12.7. The highest BCUT2D eigenvalue weighted by molar-refractivity contribution is 5.91. The summed E-state index contributed by atoms with van der Waals surface area (Å²) < 4.78 is 0. The fraction of sp³-hybridized carbons (Fsp3) is 0.389. The molecule has 0 saturated heterocycles. The molecule has 1 amide bonds. The van der Waals surface area contributed by atoms with Crippen molar-refractivity contribution < 1.29 is 4.79 Å². The summed E-state index contributed by atoms with van der Waals surface area (Å²) in [6.45, 7) is 0. The molecule has 1 N–H and O–H groups in total. The Kier molecular flexibility index (Phi) is 4.78. The Morgan fingerprint density at radius 2 is 1.82 bits per heavy atom. The van der Waals surface area contributed by atoms with Crippen LogP contribution in [0.5, 0.6) is 0 Å². The molecule has 1 aliphatic carbocycles. The predicted octanol–water partition coefficient (Wildman–Crippen LogP) is 3.48. The summed E-state index contributed by atoms with van der Waals surface area (Å²) >= 11 is 0. The molecule has 22 heavy (non-hydrogen) atoms. The lowest BCUT2D eigenvalue weighted by atomic mass is 10.1. The zero-order chi connectivity index (χ0) is 15.2. The number of carbonyl (C=O) groups is 1. The van der Waals surface area contributed by atoms with Gasteiger partial charge in [0.15, 0.2) is 0 Å². The highest BCUT2D eigenvalue weighted by atomic mass is 16.1. The molecule has 1 aromatic heterocycles. The fourth-order valence-corrected chi connectivity index (χ4v) is 2.89. The second-order valence-corrected chi connectivity index (χ2v) is 5.81. The first-order valence-electron chi connectivity index (χ1n) is 8.02. The van der Waals surface area contributed by atoms with Gasteiger partial charge in [0.1, 0.15) is 0 Å². The number of nitrogens with one attached hydrogen (secondary N) is 1. The number of hydrogen-bond acceptors (Lipinski definition) is 3. The molecule has 114 valence electrons. The molecule has 0 bridgehead atoms. The van der Waals surface area contributed by atoms with E-state index in [1.807, 2.05) is 24.3 Å². The van der Waals surface area contributed by atoms with E-state index < -0.39 is 0 Å². The predicted molar refractivity (Wildman–Crippen MR) is 88.2 cm³/mol. The molecule has 1 aliphatic rings. The Bertz CT molecular complexity index is 673. The monoisotopic (exact) mass is 295 g/mol. The molecule has 0 spiro atoms. The molecular formula is C18H21N3O. The summed E-state index contributed by atoms with van der Waals surface area (Å²) in [4.78, 5) is 20.8. The second kappa shape index (κ2) is 7.16. The third-order valence-electron chi connectivity index (χ3n) is 4.07. The van der Waals surface area contributed by atoms with Crippen LogP contribution in [-0.4, -0.2) is 21.9 Å². The van der Waals surface area contributed by atoms with Crippen molar-refractivity contribution in [3.8, 4) is 0 Å². The second-order valence-electron chi connectivity index (χ2n) is 5.81. The minimum atomic E-state index is -0.0399. The molecule has 3 rings (SSSR count). The lowest BCUT2D eigenvalue weighted by Crippen LogP contribution is -2.33.